The summed E-state index contributed by atoms with van der Waals surface area (Å²) in [5.74, 6) is -0.191. The summed E-state index contributed by atoms with van der Waals surface area (Å²) in [6.45, 7) is 2.60. The van der Waals surface area contributed by atoms with E-state index >= 15 is 0 Å². The predicted molar refractivity (Wildman–Crippen MR) is 75.0 cm³/mol. The Morgan fingerprint density at radius 1 is 1.21 bits per heavy atom. The molecule has 0 bridgehead atoms. The quantitative estimate of drug-likeness (QED) is 0.549. The smallest absolute Gasteiger partial charge is 0.316 e. The molecule has 19 heavy (non-hydrogen) atoms. The second-order valence-electron chi connectivity index (χ2n) is 4.46. The van der Waals surface area contributed by atoms with Crippen LogP contribution in [-0.4, -0.2) is 44.0 Å². The van der Waals surface area contributed by atoms with Gasteiger partial charge < -0.3 is 21.3 Å². The van der Waals surface area contributed by atoms with Crippen molar-refractivity contribution in [1.82, 2.24) is 15.5 Å². The van der Waals surface area contributed by atoms with Crippen LogP contribution in [0.5, 0.6) is 0 Å². The van der Waals surface area contributed by atoms with Crippen LogP contribution >= 0.6 is 0 Å². The fourth-order valence-corrected chi connectivity index (χ4v) is 1.48. The lowest BCUT2D eigenvalue weighted by molar-refractivity contribution is 0.0953. The number of hydrogen-bond donors (Lipinski definition) is 3. The van der Waals surface area contributed by atoms with Gasteiger partial charge in [0.1, 0.15) is 0 Å². The van der Waals surface area contributed by atoms with Crippen molar-refractivity contribution >= 4 is 17.6 Å². The highest BCUT2D eigenvalue weighted by Crippen LogP contribution is 2.12. The Kier molecular flexibility index (Phi) is 5.17. The molecule has 0 saturated carbocycles. The van der Waals surface area contributed by atoms with Crippen molar-refractivity contribution in [3.63, 3.8) is 0 Å². The zero-order chi connectivity index (χ0) is 14.4. The monoisotopic (exact) mass is 264 g/mol. The normalized spacial score (nSPS) is 9.84. The van der Waals surface area contributed by atoms with E-state index in [2.05, 4.69) is 10.6 Å². The van der Waals surface area contributed by atoms with Crippen LogP contribution < -0.4 is 16.4 Å². The van der Waals surface area contributed by atoms with Gasteiger partial charge in [0.15, 0.2) is 0 Å². The third-order valence-electron chi connectivity index (χ3n) is 2.60. The molecule has 1 rings (SSSR count). The number of aryl methyl sites for hydroxylation is 1. The van der Waals surface area contributed by atoms with Gasteiger partial charge in [-0.15, -0.1) is 0 Å². The molecule has 0 heterocycles. The molecule has 0 aliphatic rings. The van der Waals surface area contributed by atoms with Gasteiger partial charge in [0.2, 0.25) is 0 Å². The predicted octanol–water partition coefficient (Wildman–Crippen LogP) is 0.578. The number of benzene rings is 1. The number of nitrogens with one attached hydrogen (secondary N) is 2. The summed E-state index contributed by atoms with van der Waals surface area (Å²) in [4.78, 5) is 24.6. The van der Waals surface area contributed by atoms with Crippen molar-refractivity contribution in [1.29, 1.82) is 0 Å². The summed E-state index contributed by atoms with van der Waals surface area (Å²) in [6.07, 6.45) is 0. The molecule has 6 nitrogen and oxygen atoms in total. The first-order chi connectivity index (χ1) is 8.91. The van der Waals surface area contributed by atoms with E-state index < -0.39 is 0 Å². The van der Waals surface area contributed by atoms with E-state index in [4.69, 9.17) is 5.73 Å². The lowest BCUT2D eigenvalue weighted by Crippen LogP contribution is -2.39. The van der Waals surface area contributed by atoms with Crippen molar-refractivity contribution in [2.24, 2.45) is 0 Å². The van der Waals surface area contributed by atoms with Crippen molar-refractivity contribution in [2.45, 2.75) is 6.92 Å². The van der Waals surface area contributed by atoms with E-state index in [0.29, 0.717) is 24.3 Å². The standard InChI is InChI=1S/C13H20N4O2/c1-9-4-5-10(14)8-11(9)12(18)15-6-7-16-13(19)17(2)3/h4-5,8H,6-7,14H2,1-3H3,(H,15,18)(H,16,19). The molecule has 0 atom stereocenters. The number of nitrogens with two attached hydrogens (primary N) is 1. The molecule has 0 aliphatic carbocycles. The molecule has 0 saturated heterocycles. The molecule has 4 N–H and O–H groups in total. The van der Waals surface area contributed by atoms with Crippen LogP contribution in [-0.2, 0) is 0 Å². The van der Waals surface area contributed by atoms with Crippen molar-refractivity contribution in [2.75, 3.05) is 32.9 Å². The van der Waals surface area contributed by atoms with E-state index in [1.54, 1.807) is 32.3 Å². The van der Waals surface area contributed by atoms with Crippen LogP contribution in [0.25, 0.3) is 0 Å². The lowest BCUT2D eigenvalue weighted by atomic mass is 10.1. The highest BCUT2D eigenvalue weighted by Gasteiger charge is 2.09. The Hall–Kier alpha value is -2.24. The lowest BCUT2D eigenvalue weighted by Gasteiger charge is -2.12. The maximum atomic E-state index is 11.9. The van der Waals surface area contributed by atoms with Gasteiger partial charge in [0, 0.05) is 38.4 Å². The number of anilines is 1. The molecule has 0 aliphatic heterocycles. The zero-order valence-electron chi connectivity index (χ0n) is 11.5. The second kappa shape index (κ2) is 6.63. The minimum atomic E-state index is -0.191. The van der Waals surface area contributed by atoms with Crippen LogP contribution in [0.4, 0.5) is 10.5 Å². The minimum Gasteiger partial charge on any atom is -0.399 e. The number of nitrogens with zero attached hydrogens (tertiary/aromatic N) is 1. The number of carbonyl (C=O) groups is 2. The van der Waals surface area contributed by atoms with Gasteiger partial charge in [-0.3, -0.25) is 4.79 Å². The van der Waals surface area contributed by atoms with Gasteiger partial charge in [0.05, 0.1) is 0 Å². The van der Waals surface area contributed by atoms with Gasteiger partial charge in [-0.1, -0.05) is 6.07 Å². The number of urea groups is 1. The molecule has 1 aromatic carbocycles. The van der Waals surface area contributed by atoms with Gasteiger partial charge in [-0.05, 0) is 24.6 Å². The maximum absolute atomic E-state index is 11.9. The maximum Gasteiger partial charge on any atom is 0.316 e. The van der Waals surface area contributed by atoms with E-state index in [1.807, 2.05) is 6.92 Å². The third kappa shape index (κ3) is 4.50. The average Bonchev–Trinajstić information content (AvgIpc) is 2.36. The summed E-state index contributed by atoms with van der Waals surface area (Å²) in [5, 5.41) is 5.40. The third-order valence-corrected chi connectivity index (χ3v) is 2.60. The van der Waals surface area contributed by atoms with Gasteiger partial charge in [0.25, 0.3) is 5.91 Å². The largest absolute Gasteiger partial charge is 0.399 e. The Labute approximate surface area is 113 Å². The summed E-state index contributed by atoms with van der Waals surface area (Å²) in [5.41, 5.74) is 7.62. The zero-order valence-corrected chi connectivity index (χ0v) is 11.5. The Bertz CT molecular complexity index is 472. The highest BCUT2D eigenvalue weighted by atomic mass is 16.2. The highest BCUT2D eigenvalue weighted by molar-refractivity contribution is 5.96. The molecule has 1 aromatic rings. The second-order valence-corrected chi connectivity index (χ2v) is 4.46. The number of nitrogen functional groups attached to an aromatic ring is 1. The Balaban J connectivity index is 2.44. The summed E-state index contributed by atoms with van der Waals surface area (Å²) >= 11 is 0. The van der Waals surface area contributed by atoms with E-state index in [1.165, 1.54) is 4.90 Å². The molecule has 0 fully saturated rings. The topological polar surface area (TPSA) is 87.5 Å². The number of rotatable bonds is 4. The molecule has 0 radical (unpaired) electrons. The van der Waals surface area contributed by atoms with Crippen molar-refractivity contribution in [3.8, 4) is 0 Å². The first-order valence-electron chi connectivity index (χ1n) is 6.01. The fourth-order valence-electron chi connectivity index (χ4n) is 1.48. The van der Waals surface area contributed by atoms with E-state index in [-0.39, 0.29) is 11.9 Å². The first-order valence-corrected chi connectivity index (χ1v) is 6.01. The fraction of sp³-hybridized carbons (Fsp3) is 0.385. The van der Waals surface area contributed by atoms with E-state index in [0.717, 1.165) is 5.56 Å². The molecule has 0 spiro atoms. The van der Waals surface area contributed by atoms with Gasteiger partial charge in [-0.2, -0.15) is 0 Å². The van der Waals surface area contributed by atoms with Crippen LogP contribution in [0, 0.1) is 6.92 Å². The van der Waals surface area contributed by atoms with Gasteiger partial charge >= 0.3 is 6.03 Å². The van der Waals surface area contributed by atoms with E-state index in [9.17, 15) is 9.59 Å². The Morgan fingerprint density at radius 2 is 1.84 bits per heavy atom. The molecule has 3 amide bonds. The Morgan fingerprint density at radius 3 is 2.47 bits per heavy atom. The molecule has 0 aromatic heterocycles. The summed E-state index contributed by atoms with van der Waals surface area (Å²) < 4.78 is 0. The molecule has 6 heteroatoms. The van der Waals surface area contributed by atoms with Crippen LogP contribution in [0.2, 0.25) is 0 Å². The van der Waals surface area contributed by atoms with Crippen LogP contribution in [0.15, 0.2) is 18.2 Å². The first kappa shape index (κ1) is 14.8. The minimum absolute atomic E-state index is 0.186. The number of amides is 3. The summed E-state index contributed by atoms with van der Waals surface area (Å²) in [7, 11) is 3.31. The molecule has 0 unspecified atom stereocenters. The van der Waals surface area contributed by atoms with Crippen LogP contribution in [0.1, 0.15) is 15.9 Å². The SMILES string of the molecule is Cc1ccc(N)cc1C(=O)NCCNC(=O)N(C)C. The average molecular weight is 264 g/mol. The molecular formula is C13H20N4O2. The van der Waals surface area contributed by atoms with Gasteiger partial charge in [-0.25, -0.2) is 4.79 Å². The van der Waals surface area contributed by atoms with Crippen LogP contribution in [0.3, 0.4) is 0 Å². The number of hydrogen-bond acceptors (Lipinski definition) is 3. The number of carbonyl (C=O) groups excluding carboxylic acids is 2. The molecule has 104 valence electrons. The van der Waals surface area contributed by atoms with Crippen molar-refractivity contribution < 1.29 is 9.59 Å². The summed E-state index contributed by atoms with van der Waals surface area (Å²) in [6, 6.07) is 5.01. The van der Waals surface area contributed by atoms with Crippen molar-refractivity contribution in [3.05, 3.63) is 29.3 Å². The molecular weight excluding hydrogens is 244 g/mol.